The van der Waals surface area contributed by atoms with Crippen LogP contribution in [0.15, 0.2) is 11.6 Å². The summed E-state index contributed by atoms with van der Waals surface area (Å²) in [5, 5.41) is 31.2. The molecule has 3 saturated carbocycles. The van der Waals surface area contributed by atoms with Gasteiger partial charge in [0.1, 0.15) is 6.61 Å². The zero-order chi connectivity index (χ0) is 18.9. The second-order valence-electron chi connectivity index (χ2n) is 9.50. The van der Waals surface area contributed by atoms with Gasteiger partial charge in [0, 0.05) is 17.8 Å². The lowest BCUT2D eigenvalue weighted by molar-refractivity contribution is -0.150. The number of Topliss-reactive ketones (excluding diaryl/α,β-unsaturated/α-hetero) is 1. The summed E-state index contributed by atoms with van der Waals surface area (Å²) < 4.78 is 0. The molecule has 3 N–H and O–H groups in total. The van der Waals surface area contributed by atoms with Crippen LogP contribution in [-0.2, 0) is 9.59 Å². The van der Waals surface area contributed by atoms with Gasteiger partial charge >= 0.3 is 0 Å². The fraction of sp³-hybridized carbons (Fsp3) is 0.810. The molecule has 0 aromatic rings. The lowest BCUT2D eigenvalue weighted by Crippen LogP contribution is -2.59. The first-order chi connectivity index (χ1) is 12.2. The maximum absolute atomic E-state index is 12.3. The van der Waals surface area contributed by atoms with Crippen LogP contribution >= 0.6 is 0 Å². The zero-order valence-electron chi connectivity index (χ0n) is 15.6. The first-order valence-electron chi connectivity index (χ1n) is 9.97. The van der Waals surface area contributed by atoms with Crippen LogP contribution < -0.4 is 0 Å². The Balaban J connectivity index is 1.72. The zero-order valence-corrected chi connectivity index (χ0v) is 15.6. The second kappa shape index (κ2) is 5.98. The standard InChI is InChI=1S/C21H30O5/c1-20-6-5-15-19(14(20)4-3-13(20)17(25)10-22)16(24)8-11-7-12(23)9-18(26)21(11,15)2/h7,13-16,18-19,22,24,26H,3-6,8-10H2,1-2H3/t13-,14+,15+,16-,18?,19+,20-,21+/m1/s1. The molecule has 0 amide bonds. The molecule has 26 heavy (non-hydrogen) atoms. The summed E-state index contributed by atoms with van der Waals surface area (Å²) in [6, 6.07) is 0. The van der Waals surface area contributed by atoms with E-state index in [4.69, 9.17) is 0 Å². The van der Waals surface area contributed by atoms with Gasteiger partial charge < -0.3 is 15.3 Å². The van der Waals surface area contributed by atoms with E-state index in [0.29, 0.717) is 6.42 Å². The van der Waals surface area contributed by atoms with E-state index >= 15 is 0 Å². The Morgan fingerprint density at radius 1 is 1.15 bits per heavy atom. The van der Waals surface area contributed by atoms with Gasteiger partial charge in [0.25, 0.3) is 0 Å². The maximum Gasteiger partial charge on any atom is 0.161 e. The smallest absolute Gasteiger partial charge is 0.161 e. The number of rotatable bonds is 2. The van der Waals surface area contributed by atoms with Crippen molar-refractivity contribution >= 4 is 11.6 Å². The van der Waals surface area contributed by atoms with Crippen LogP contribution in [0.3, 0.4) is 0 Å². The lowest BCUT2D eigenvalue weighted by Gasteiger charge is -2.60. The van der Waals surface area contributed by atoms with Gasteiger partial charge in [0.05, 0.1) is 12.2 Å². The average molecular weight is 362 g/mol. The van der Waals surface area contributed by atoms with E-state index in [0.717, 1.165) is 31.3 Å². The van der Waals surface area contributed by atoms with Crippen LogP contribution in [-0.4, -0.2) is 45.7 Å². The monoisotopic (exact) mass is 362 g/mol. The van der Waals surface area contributed by atoms with Crippen molar-refractivity contribution in [3.8, 4) is 0 Å². The summed E-state index contributed by atoms with van der Waals surface area (Å²) >= 11 is 0. The van der Waals surface area contributed by atoms with Crippen molar-refractivity contribution in [3.05, 3.63) is 11.6 Å². The molecule has 144 valence electrons. The highest BCUT2D eigenvalue weighted by Gasteiger charge is 2.63. The number of aliphatic hydroxyl groups excluding tert-OH is 3. The Morgan fingerprint density at radius 3 is 2.58 bits per heavy atom. The molecule has 5 nitrogen and oxygen atoms in total. The highest BCUT2D eigenvalue weighted by molar-refractivity contribution is 5.92. The molecule has 0 bridgehead atoms. The van der Waals surface area contributed by atoms with Gasteiger partial charge in [-0.3, -0.25) is 9.59 Å². The molecule has 8 atom stereocenters. The maximum atomic E-state index is 12.3. The number of carbonyl (C=O) groups excluding carboxylic acids is 2. The van der Waals surface area contributed by atoms with Gasteiger partial charge in [-0.25, -0.2) is 0 Å². The molecule has 0 heterocycles. The van der Waals surface area contributed by atoms with Crippen LogP contribution in [0.2, 0.25) is 0 Å². The van der Waals surface area contributed by atoms with E-state index in [-0.39, 0.29) is 47.1 Å². The van der Waals surface area contributed by atoms with Crippen LogP contribution in [0, 0.1) is 34.5 Å². The predicted molar refractivity (Wildman–Crippen MR) is 95.1 cm³/mol. The fourth-order valence-corrected chi connectivity index (χ4v) is 7.22. The van der Waals surface area contributed by atoms with E-state index in [9.17, 15) is 24.9 Å². The van der Waals surface area contributed by atoms with Crippen molar-refractivity contribution in [2.24, 2.45) is 34.5 Å². The summed E-state index contributed by atoms with van der Waals surface area (Å²) in [7, 11) is 0. The molecule has 4 aliphatic rings. The van der Waals surface area contributed by atoms with Crippen LogP contribution in [0.25, 0.3) is 0 Å². The van der Waals surface area contributed by atoms with Crippen LogP contribution in [0.4, 0.5) is 0 Å². The van der Waals surface area contributed by atoms with E-state index < -0.39 is 24.2 Å². The summed E-state index contributed by atoms with van der Waals surface area (Å²) in [5.41, 5.74) is 0.257. The molecule has 0 aliphatic heterocycles. The van der Waals surface area contributed by atoms with Crippen molar-refractivity contribution in [1.29, 1.82) is 0 Å². The van der Waals surface area contributed by atoms with Gasteiger partial charge in [0.15, 0.2) is 11.6 Å². The van der Waals surface area contributed by atoms with Gasteiger partial charge in [-0.1, -0.05) is 19.4 Å². The summed E-state index contributed by atoms with van der Waals surface area (Å²) in [5.74, 6) is 0.129. The molecule has 0 radical (unpaired) electrons. The largest absolute Gasteiger partial charge is 0.392 e. The molecule has 5 heteroatoms. The van der Waals surface area contributed by atoms with Gasteiger partial charge in [-0.05, 0) is 61.3 Å². The van der Waals surface area contributed by atoms with Gasteiger partial charge in [-0.2, -0.15) is 0 Å². The van der Waals surface area contributed by atoms with E-state index in [1.807, 2.05) is 0 Å². The topological polar surface area (TPSA) is 94.8 Å². The molecular formula is C21H30O5. The van der Waals surface area contributed by atoms with Crippen molar-refractivity contribution in [3.63, 3.8) is 0 Å². The SMILES string of the molecule is C[C@]12CC[C@H]3[C@@H]([C@H](O)CC4=CC(=O)CC(O)[C@@]43C)[C@@H]1CC[C@@H]2C(=O)CO. The Labute approximate surface area is 154 Å². The van der Waals surface area contributed by atoms with Crippen molar-refractivity contribution < 1.29 is 24.9 Å². The molecule has 0 spiro atoms. The molecule has 3 fully saturated rings. The van der Waals surface area contributed by atoms with Crippen molar-refractivity contribution in [1.82, 2.24) is 0 Å². The number of carbonyl (C=O) groups is 2. The quantitative estimate of drug-likeness (QED) is 0.694. The highest BCUT2D eigenvalue weighted by Crippen LogP contribution is 2.66. The minimum Gasteiger partial charge on any atom is -0.392 e. The Hall–Kier alpha value is -1.04. The predicted octanol–water partition coefficient (Wildman–Crippen LogP) is 1.64. The molecule has 1 unspecified atom stereocenters. The van der Waals surface area contributed by atoms with E-state index in [2.05, 4.69) is 13.8 Å². The Bertz CT molecular complexity index is 669. The Kier molecular flexibility index (Phi) is 4.22. The van der Waals surface area contributed by atoms with Crippen molar-refractivity contribution in [2.75, 3.05) is 6.61 Å². The third kappa shape index (κ3) is 2.26. The lowest BCUT2D eigenvalue weighted by atomic mass is 9.45. The van der Waals surface area contributed by atoms with Crippen LogP contribution in [0.5, 0.6) is 0 Å². The van der Waals surface area contributed by atoms with E-state index in [1.165, 1.54) is 0 Å². The number of hydrogen-bond acceptors (Lipinski definition) is 5. The average Bonchev–Trinajstić information content (AvgIpc) is 2.94. The summed E-state index contributed by atoms with van der Waals surface area (Å²) in [6.07, 6.45) is 4.38. The summed E-state index contributed by atoms with van der Waals surface area (Å²) in [6.45, 7) is 3.81. The van der Waals surface area contributed by atoms with Gasteiger partial charge in [0.2, 0.25) is 0 Å². The normalized spacial score (nSPS) is 50.5. The molecule has 0 saturated heterocycles. The molecule has 4 rings (SSSR count). The molecule has 4 aliphatic carbocycles. The first kappa shape index (κ1) is 18.3. The first-order valence-corrected chi connectivity index (χ1v) is 9.97. The molecule has 0 aromatic heterocycles. The Morgan fingerprint density at radius 2 is 1.88 bits per heavy atom. The number of ketones is 2. The third-order valence-electron chi connectivity index (χ3n) is 8.63. The summed E-state index contributed by atoms with van der Waals surface area (Å²) in [4.78, 5) is 24.2. The minimum absolute atomic E-state index is 0.0373. The minimum atomic E-state index is -0.698. The number of hydrogen-bond donors (Lipinski definition) is 3. The second-order valence-corrected chi connectivity index (χ2v) is 9.50. The third-order valence-corrected chi connectivity index (χ3v) is 8.63. The highest BCUT2D eigenvalue weighted by atomic mass is 16.3. The van der Waals surface area contributed by atoms with Crippen LogP contribution in [0.1, 0.15) is 52.4 Å². The van der Waals surface area contributed by atoms with E-state index in [1.54, 1.807) is 6.08 Å². The molecule has 0 aromatic carbocycles. The molecular weight excluding hydrogens is 332 g/mol. The van der Waals surface area contributed by atoms with Gasteiger partial charge in [-0.15, -0.1) is 0 Å². The van der Waals surface area contributed by atoms with Crippen molar-refractivity contribution in [2.45, 2.75) is 64.6 Å². The number of fused-ring (bicyclic) bond motifs is 5. The fourth-order valence-electron chi connectivity index (χ4n) is 7.22. The number of aliphatic hydroxyl groups is 3.